The van der Waals surface area contributed by atoms with E-state index in [0.717, 1.165) is 69.1 Å². The molecule has 14 rings (SSSR count). The first-order valence-electron chi connectivity index (χ1n) is 33.4. The number of aliphatic carboxylic acids is 1. The van der Waals surface area contributed by atoms with Crippen molar-refractivity contribution >= 4 is 55.8 Å². The number of carboxylic acid groups (broad SMARTS) is 1. The lowest BCUT2D eigenvalue weighted by atomic mass is 9.49. The highest BCUT2D eigenvalue weighted by atomic mass is 32.2. The first-order chi connectivity index (χ1) is 44.5. The molecule has 0 radical (unpaired) electrons. The van der Waals surface area contributed by atoms with Crippen molar-refractivity contribution in [1.29, 1.82) is 0 Å². The van der Waals surface area contributed by atoms with E-state index >= 15 is 0 Å². The first-order valence-corrected chi connectivity index (χ1v) is 37.5. The van der Waals surface area contributed by atoms with Gasteiger partial charge in [0.25, 0.3) is 5.92 Å². The topological polar surface area (TPSA) is 176 Å². The van der Waals surface area contributed by atoms with E-state index in [-0.39, 0.29) is 68.2 Å². The van der Waals surface area contributed by atoms with Crippen molar-refractivity contribution < 1.29 is 60.2 Å². The lowest BCUT2D eigenvalue weighted by molar-refractivity contribution is -0.310. The molecule has 6 aromatic carbocycles. The van der Waals surface area contributed by atoms with Crippen molar-refractivity contribution in [2.24, 2.45) is 51.8 Å². The van der Waals surface area contributed by atoms with Crippen LogP contribution in [0.15, 0.2) is 205 Å². The van der Waals surface area contributed by atoms with Gasteiger partial charge >= 0.3 is 17.9 Å². The number of alkyl halides is 2. The number of aryl methyl sites for hydroxylation is 1. The van der Waals surface area contributed by atoms with Crippen LogP contribution in [-0.2, 0) is 65.3 Å². The normalized spacial score (nSPS) is 22.8. The second-order valence-electron chi connectivity index (χ2n) is 27.9. The van der Waals surface area contributed by atoms with E-state index in [1.807, 2.05) is 41.5 Å². The Morgan fingerprint density at radius 3 is 1.07 bits per heavy atom. The Balaban J connectivity index is 0.000000164. The lowest BCUT2D eigenvalue weighted by Crippen LogP contribution is -2.53. The molecular weight excluding hydrogens is 1250 g/mol. The first kappa shape index (κ1) is 75.1. The molecule has 0 saturated heterocycles. The molecule has 508 valence electrons. The average molecular weight is 1350 g/mol. The third-order valence-corrected chi connectivity index (χ3v) is 24.2. The predicted molar refractivity (Wildman–Crippen MR) is 366 cm³/mol. The Morgan fingerprint density at radius 2 is 0.798 bits per heavy atom. The molecule has 6 aromatic rings. The fourth-order valence-electron chi connectivity index (χ4n) is 14.4. The number of carbonyl (C=O) groups excluding carboxylic acids is 4. The predicted octanol–water partition coefficient (Wildman–Crippen LogP) is 16.9. The molecule has 0 unspecified atom stereocenters. The molecule has 0 spiro atoms. The number of carboxylic acids is 1. The van der Waals surface area contributed by atoms with E-state index in [1.54, 1.807) is 0 Å². The van der Waals surface area contributed by atoms with Crippen LogP contribution in [-0.4, -0.2) is 67.3 Å². The van der Waals surface area contributed by atoms with Gasteiger partial charge in [-0.1, -0.05) is 123 Å². The molecule has 8 aliphatic carbocycles. The molecule has 8 saturated carbocycles. The van der Waals surface area contributed by atoms with Crippen LogP contribution in [0.25, 0.3) is 0 Å². The van der Waals surface area contributed by atoms with Gasteiger partial charge in [0, 0.05) is 5.97 Å². The van der Waals surface area contributed by atoms with E-state index in [9.17, 15) is 46.0 Å². The SMILES string of the molecule is CC(F)(F)CC(=O)[O-].CCC(C)(C)C(=O)OC12CC3CC(CC(C3)C1)C2.CCOC(=O)C(C)(C)CC.Cc1ccc([S+](c2ccccc2)c2ccccc2)cc1.O=C(OCCS(=O)(=O)[O-])C12CC3CC(CC(C3)C1)C2.c1ccc([S+](c2ccccc2)c2ccccc2)cc1. The fraction of sp³-hybridized carbons (Fsp3) is 0.487. The van der Waals surface area contributed by atoms with Crippen LogP contribution >= 0.6 is 0 Å². The van der Waals surface area contributed by atoms with Crippen molar-refractivity contribution in [3.8, 4) is 0 Å². The highest BCUT2D eigenvalue weighted by molar-refractivity contribution is 7.97. The molecule has 0 atom stereocenters. The summed E-state index contributed by atoms with van der Waals surface area (Å²) in [6, 6.07) is 62.5. The minimum Gasteiger partial charge on any atom is -0.748 e. The number of hydrogen-bond acceptors (Lipinski definition) is 11. The van der Waals surface area contributed by atoms with Gasteiger partial charge in [-0.25, -0.2) is 17.2 Å². The van der Waals surface area contributed by atoms with Gasteiger partial charge in [0.05, 0.1) is 66.9 Å². The van der Waals surface area contributed by atoms with Crippen molar-refractivity contribution in [1.82, 2.24) is 0 Å². The molecule has 8 bridgehead atoms. The van der Waals surface area contributed by atoms with Crippen LogP contribution in [0.1, 0.15) is 157 Å². The molecule has 0 amide bonds. The van der Waals surface area contributed by atoms with Crippen LogP contribution in [0, 0.1) is 58.7 Å². The molecule has 16 heteroatoms. The number of benzene rings is 6. The van der Waals surface area contributed by atoms with Gasteiger partial charge in [-0.2, -0.15) is 0 Å². The summed E-state index contributed by atoms with van der Waals surface area (Å²) in [4.78, 5) is 53.3. The van der Waals surface area contributed by atoms with Crippen molar-refractivity contribution in [2.75, 3.05) is 19.0 Å². The Kier molecular flexibility index (Phi) is 27.2. The fourth-order valence-corrected chi connectivity index (χ4v) is 18.9. The molecule has 11 nitrogen and oxygen atoms in total. The van der Waals surface area contributed by atoms with E-state index in [2.05, 4.69) is 190 Å². The number of carbonyl (C=O) groups is 4. The summed E-state index contributed by atoms with van der Waals surface area (Å²) in [5.74, 6) is -1.37. The summed E-state index contributed by atoms with van der Waals surface area (Å²) in [5.41, 5.74) is 0.234. The maximum atomic E-state index is 12.4. The van der Waals surface area contributed by atoms with Crippen molar-refractivity contribution in [3.05, 3.63) is 181 Å². The summed E-state index contributed by atoms with van der Waals surface area (Å²) in [6.07, 6.45) is 14.5. The Labute approximate surface area is 564 Å². The van der Waals surface area contributed by atoms with E-state index in [4.69, 9.17) is 14.2 Å². The zero-order valence-corrected chi connectivity index (χ0v) is 58.9. The number of rotatable bonds is 18. The quantitative estimate of drug-likeness (QED) is 0.0346. The van der Waals surface area contributed by atoms with E-state index in [0.29, 0.717) is 31.3 Å². The highest BCUT2D eigenvalue weighted by Crippen LogP contribution is 2.61. The smallest absolute Gasteiger partial charge is 0.312 e. The minimum atomic E-state index is -4.30. The maximum Gasteiger partial charge on any atom is 0.312 e. The molecule has 94 heavy (non-hydrogen) atoms. The number of hydrogen-bond donors (Lipinski definition) is 0. The summed E-state index contributed by atoms with van der Waals surface area (Å²) in [5, 5.41) is 9.42. The third-order valence-electron chi connectivity index (χ3n) is 19.1. The molecule has 0 aliphatic heterocycles. The van der Waals surface area contributed by atoms with Gasteiger partial charge in [-0.15, -0.1) is 0 Å². The third kappa shape index (κ3) is 22.4. The highest BCUT2D eigenvalue weighted by Gasteiger charge is 2.56. The largest absolute Gasteiger partial charge is 0.748 e. The minimum absolute atomic E-state index is 0.0146. The van der Waals surface area contributed by atoms with Crippen LogP contribution in [0.4, 0.5) is 8.78 Å². The number of esters is 3. The zero-order valence-electron chi connectivity index (χ0n) is 56.4. The van der Waals surface area contributed by atoms with Crippen molar-refractivity contribution in [3.63, 3.8) is 0 Å². The van der Waals surface area contributed by atoms with Crippen LogP contribution < -0.4 is 5.11 Å². The van der Waals surface area contributed by atoms with Gasteiger partial charge in [0.15, 0.2) is 29.4 Å². The van der Waals surface area contributed by atoms with Crippen LogP contribution in [0.5, 0.6) is 0 Å². The van der Waals surface area contributed by atoms with Gasteiger partial charge in [0.2, 0.25) is 0 Å². The van der Waals surface area contributed by atoms with E-state index in [1.165, 1.54) is 73.5 Å². The van der Waals surface area contributed by atoms with Gasteiger partial charge < -0.3 is 28.7 Å². The van der Waals surface area contributed by atoms with Crippen LogP contribution in [0.2, 0.25) is 0 Å². The zero-order chi connectivity index (χ0) is 68.3. The Bertz CT molecular complexity index is 3230. The van der Waals surface area contributed by atoms with Gasteiger partial charge in [-0.05, 0) is 247 Å². The molecule has 8 fully saturated rings. The maximum absolute atomic E-state index is 12.4. The molecular formula is C78H98F2O11S3. The molecule has 0 heterocycles. The number of ether oxygens (including phenoxy) is 3. The van der Waals surface area contributed by atoms with Crippen molar-refractivity contribution in [2.45, 2.75) is 200 Å². The Hall–Kier alpha value is -6.33. The lowest BCUT2D eigenvalue weighted by Gasteiger charge is -2.56. The standard InChI is InChI=1S/C19H17S.C18H15S.C16H26O2.C13H20O5S.C8H16O2.C4H6F2O2/c1-16-12-14-19(15-13-16)20(17-8-4-2-5-9-17)18-10-6-3-7-11-18;1-4-10-16(11-5-1)19(17-12-6-2-7-13-17)18-14-8-3-9-15-18;1-4-15(2,3)14(17)18-16-8-11-5-12(9-16)7-13(6-11)10-16;14-12(18-1-2-19(15,16)17)13-6-9-3-10(7-13)5-11(4-9)8-13;1-5-8(3,4)7(9)10-6-2;1-4(5,6)2-3(7)8/h2-15H,1H3;1-15H;11-13H,4-10H2,1-3H3;9-11H,1-8H2,(H,15,16,17);5-6H2,1-4H3;2H2,1H3,(H,7,8)/q2*+1;;;;/p-2. The second-order valence-corrected chi connectivity index (χ2v) is 33.5. The summed E-state index contributed by atoms with van der Waals surface area (Å²) < 4.78 is 70.7. The van der Waals surface area contributed by atoms with Gasteiger partial charge in [-0.3, -0.25) is 14.4 Å². The summed E-state index contributed by atoms with van der Waals surface area (Å²) in [7, 11) is -4.34. The van der Waals surface area contributed by atoms with Crippen LogP contribution in [0.3, 0.4) is 0 Å². The van der Waals surface area contributed by atoms with E-state index < -0.39 is 34.2 Å². The Morgan fingerprint density at radius 1 is 0.489 bits per heavy atom. The second kappa shape index (κ2) is 34.1. The average Bonchev–Trinajstić information content (AvgIpc) is 0.752. The monoisotopic (exact) mass is 1340 g/mol. The molecule has 0 N–H and O–H groups in total. The summed E-state index contributed by atoms with van der Waals surface area (Å²) >= 11 is 0. The molecule has 0 aromatic heterocycles. The number of halogens is 2. The molecule has 8 aliphatic rings. The summed E-state index contributed by atoms with van der Waals surface area (Å²) in [6.45, 7) is 16.5. The van der Waals surface area contributed by atoms with Gasteiger partial charge in [0.1, 0.15) is 12.2 Å².